The van der Waals surface area contributed by atoms with E-state index in [2.05, 4.69) is 37.3 Å². The number of hydrogen-bond donors (Lipinski definition) is 0. The normalized spacial score (nSPS) is 23.3. The molecule has 2 aromatic rings. The van der Waals surface area contributed by atoms with Crippen LogP contribution in [0.1, 0.15) is 49.0 Å². The predicted molar refractivity (Wildman–Crippen MR) is 106 cm³/mol. The fourth-order valence-corrected chi connectivity index (χ4v) is 6.90. The number of rotatable bonds is 4. The van der Waals surface area contributed by atoms with E-state index < -0.39 is 0 Å². The van der Waals surface area contributed by atoms with Gasteiger partial charge in [0.05, 0.1) is 10.9 Å². The maximum absolute atomic E-state index is 13.5. The highest BCUT2D eigenvalue weighted by Gasteiger charge is 2.56. The third-order valence-electron chi connectivity index (χ3n) is 5.26. The molecule has 0 fully saturated rings. The molecule has 0 saturated carbocycles. The van der Waals surface area contributed by atoms with Gasteiger partial charge in [-0.3, -0.25) is 4.79 Å². The van der Waals surface area contributed by atoms with Gasteiger partial charge in [-0.15, -0.1) is 0 Å². The van der Waals surface area contributed by atoms with Gasteiger partial charge >= 0.3 is 0 Å². The molecule has 2 aliphatic rings. The summed E-state index contributed by atoms with van der Waals surface area (Å²) < 4.78 is 13.4. The molecule has 26 heavy (non-hydrogen) atoms. The Balaban J connectivity index is 1.88. The van der Waals surface area contributed by atoms with Gasteiger partial charge in [-0.25, -0.2) is 4.39 Å². The smallest absolute Gasteiger partial charge is 0.169 e. The third-order valence-corrected chi connectivity index (χ3v) is 8.09. The molecule has 2 atom stereocenters. The summed E-state index contributed by atoms with van der Waals surface area (Å²) in [6.07, 6.45) is 8.90. The van der Waals surface area contributed by atoms with E-state index in [9.17, 15) is 9.18 Å². The van der Waals surface area contributed by atoms with Crippen molar-refractivity contribution < 1.29 is 9.18 Å². The first-order chi connectivity index (χ1) is 12.5. The number of carbonyl (C=O) groups excluding carboxylic acids is 1. The first kappa shape index (κ1) is 17.3. The third kappa shape index (κ3) is 2.66. The van der Waals surface area contributed by atoms with E-state index in [1.807, 2.05) is 25.1 Å². The van der Waals surface area contributed by atoms with Crippen molar-refractivity contribution in [2.45, 2.75) is 47.6 Å². The van der Waals surface area contributed by atoms with E-state index in [0.29, 0.717) is 6.42 Å². The molecule has 1 nitrogen and oxygen atoms in total. The highest BCUT2D eigenvalue weighted by atomic mass is 32.2. The minimum absolute atomic E-state index is 0.0403. The zero-order valence-electron chi connectivity index (χ0n) is 15.1. The lowest BCUT2D eigenvalue weighted by Crippen LogP contribution is -2.32. The number of ketones is 1. The summed E-state index contributed by atoms with van der Waals surface area (Å²) in [5, 5.41) is 0. The number of fused-ring (bicyclic) bond motifs is 3. The quantitative estimate of drug-likeness (QED) is 0.482. The second-order valence-electron chi connectivity index (χ2n) is 7.09. The van der Waals surface area contributed by atoms with Crippen molar-refractivity contribution in [2.75, 3.05) is 0 Å². The minimum atomic E-state index is -0.207. The van der Waals surface area contributed by atoms with Gasteiger partial charge < -0.3 is 0 Å². The summed E-state index contributed by atoms with van der Waals surface area (Å²) in [6.45, 7) is 4.32. The molecular formula is C23H22FOS+. The van der Waals surface area contributed by atoms with E-state index >= 15 is 0 Å². The molecule has 1 heterocycles. The maximum Gasteiger partial charge on any atom is 0.169 e. The molecule has 4 rings (SSSR count). The molecule has 0 radical (unpaired) electrons. The van der Waals surface area contributed by atoms with Crippen LogP contribution >= 0.6 is 0 Å². The number of Topliss-reactive ketones (excluding diaryl/α,β-unsaturated/α-hetero) is 1. The van der Waals surface area contributed by atoms with Gasteiger partial charge in [-0.2, -0.15) is 0 Å². The van der Waals surface area contributed by atoms with Crippen LogP contribution in [-0.4, -0.2) is 10.5 Å². The van der Waals surface area contributed by atoms with Crippen molar-refractivity contribution in [2.24, 2.45) is 0 Å². The van der Waals surface area contributed by atoms with Crippen molar-refractivity contribution in [3.8, 4) is 0 Å². The Kier molecular flexibility index (Phi) is 4.36. The monoisotopic (exact) mass is 365 g/mol. The number of allylic oxidation sites excluding steroid dienone is 3. The lowest BCUT2D eigenvalue weighted by molar-refractivity contribution is 0.0981. The number of halogens is 1. The van der Waals surface area contributed by atoms with Crippen LogP contribution < -0.4 is 0 Å². The number of benzene rings is 2. The molecule has 1 aliphatic heterocycles. The molecule has 132 valence electrons. The Labute approximate surface area is 157 Å². The lowest BCUT2D eigenvalue weighted by atomic mass is 9.87. The van der Waals surface area contributed by atoms with Crippen molar-refractivity contribution >= 4 is 22.3 Å². The van der Waals surface area contributed by atoms with Crippen molar-refractivity contribution in [1.29, 1.82) is 0 Å². The first-order valence-electron chi connectivity index (χ1n) is 9.09. The Morgan fingerprint density at radius 1 is 1.19 bits per heavy atom. The Bertz CT molecular complexity index is 926. The molecule has 2 unspecified atom stereocenters. The Hall–Kier alpha value is -2.13. The zero-order valence-corrected chi connectivity index (χ0v) is 15.9. The van der Waals surface area contributed by atoms with Gasteiger partial charge in [0.25, 0.3) is 0 Å². The highest BCUT2D eigenvalue weighted by Crippen LogP contribution is 2.55. The van der Waals surface area contributed by atoms with Crippen LogP contribution in [0, 0.1) is 5.82 Å². The molecule has 0 N–H and O–H groups in total. The topological polar surface area (TPSA) is 17.1 Å². The molecule has 0 amide bonds. The van der Waals surface area contributed by atoms with E-state index in [-0.39, 0.29) is 27.2 Å². The largest absolute Gasteiger partial charge is 0.294 e. The summed E-state index contributed by atoms with van der Waals surface area (Å²) >= 11 is 0. The second-order valence-corrected chi connectivity index (χ2v) is 9.51. The fourth-order valence-electron chi connectivity index (χ4n) is 3.98. The second kappa shape index (κ2) is 6.55. The average molecular weight is 365 g/mol. The molecule has 1 aliphatic carbocycles. The van der Waals surface area contributed by atoms with Gasteiger partial charge in [0.15, 0.2) is 20.3 Å². The summed E-state index contributed by atoms with van der Waals surface area (Å²) in [4.78, 5) is 14.8. The standard InChI is InChI=1S/C23H22FOS/c1-3-6-21(25)16-8-13-22-19(15-16)20-7-4-5-14-23(20,2)26(22)18-11-9-17(24)10-12-18/h4-5,7-13,15H,3,6,14H2,1-2H3/q+1. The summed E-state index contributed by atoms with van der Waals surface area (Å²) in [7, 11) is -0.179. The van der Waals surface area contributed by atoms with Crippen LogP contribution in [0.5, 0.6) is 0 Å². The predicted octanol–water partition coefficient (Wildman–Crippen LogP) is 5.96. The summed E-state index contributed by atoms with van der Waals surface area (Å²) in [6, 6.07) is 13.1. The summed E-state index contributed by atoms with van der Waals surface area (Å²) in [5.74, 6) is -0.000686. The van der Waals surface area contributed by atoms with Crippen LogP contribution in [0.15, 0.2) is 70.5 Å². The van der Waals surface area contributed by atoms with Crippen LogP contribution in [-0.2, 0) is 10.9 Å². The van der Waals surface area contributed by atoms with Crippen molar-refractivity contribution in [3.05, 3.63) is 77.6 Å². The molecule has 0 spiro atoms. The SMILES string of the molecule is CCCC(=O)c1ccc2c(c1)C1=CC=CCC1(C)[S+]2c1ccc(F)cc1. The first-order valence-corrected chi connectivity index (χ1v) is 10.3. The van der Waals surface area contributed by atoms with Crippen LogP contribution in [0.4, 0.5) is 4.39 Å². The highest BCUT2D eigenvalue weighted by molar-refractivity contribution is 7.99. The maximum atomic E-state index is 13.5. The fraction of sp³-hybridized carbons (Fsp3) is 0.261. The van der Waals surface area contributed by atoms with Crippen LogP contribution in [0.2, 0.25) is 0 Å². The van der Waals surface area contributed by atoms with Gasteiger partial charge in [0.1, 0.15) is 5.82 Å². The van der Waals surface area contributed by atoms with E-state index in [4.69, 9.17) is 0 Å². The molecular weight excluding hydrogens is 343 g/mol. The molecule has 0 bridgehead atoms. The van der Waals surface area contributed by atoms with Crippen LogP contribution in [0.25, 0.3) is 5.57 Å². The zero-order chi connectivity index (χ0) is 18.3. The lowest BCUT2D eigenvalue weighted by Gasteiger charge is -2.25. The number of carbonyl (C=O) groups is 1. The molecule has 2 aromatic carbocycles. The van der Waals surface area contributed by atoms with Crippen LogP contribution in [0.3, 0.4) is 0 Å². The van der Waals surface area contributed by atoms with Crippen molar-refractivity contribution in [1.82, 2.24) is 0 Å². The van der Waals surface area contributed by atoms with Gasteiger partial charge in [-0.1, -0.05) is 25.2 Å². The summed E-state index contributed by atoms with van der Waals surface area (Å²) in [5.41, 5.74) is 3.29. The van der Waals surface area contributed by atoms with E-state index in [1.165, 1.54) is 16.0 Å². The van der Waals surface area contributed by atoms with Gasteiger partial charge in [0, 0.05) is 29.5 Å². The minimum Gasteiger partial charge on any atom is -0.294 e. The average Bonchev–Trinajstić information content (AvgIpc) is 2.90. The molecule has 3 heteroatoms. The van der Waals surface area contributed by atoms with E-state index in [1.54, 1.807) is 12.1 Å². The van der Waals surface area contributed by atoms with Gasteiger partial charge in [0.2, 0.25) is 0 Å². The Morgan fingerprint density at radius 2 is 1.96 bits per heavy atom. The van der Waals surface area contributed by atoms with Crippen molar-refractivity contribution in [3.63, 3.8) is 0 Å². The molecule has 0 saturated heterocycles. The van der Waals surface area contributed by atoms with Gasteiger partial charge in [-0.05, 0) is 55.8 Å². The Morgan fingerprint density at radius 3 is 2.69 bits per heavy atom. The molecule has 0 aromatic heterocycles. The van der Waals surface area contributed by atoms with E-state index in [0.717, 1.165) is 23.3 Å². The number of hydrogen-bond acceptors (Lipinski definition) is 1.